The van der Waals surface area contributed by atoms with E-state index in [0.717, 1.165) is 22.3 Å². The van der Waals surface area contributed by atoms with Crippen molar-refractivity contribution in [2.75, 3.05) is 0 Å². The minimum absolute atomic E-state index is 0.0956. The molecular formula is C23H16Cl2O. The molecule has 0 aliphatic heterocycles. The van der Waals surface area contributed by atoms with E-state index in [0.29, 0.717) is 0 Å². The Bertz CT molecular complexity index is 994. The second kappa shape index (κ2) is 5.64. The van der Waals surface area contributed by atoms with Gasteiger partial charge < -0.3 is 5.11 Å². The number of rotatable bonds is 1. The molecule has 3 aromatic rings. The molecule has 0 spiro atoms. The largest absolute Gasteiger partial charge is 0.508 e. The van der Waals surface area contributed by atoms with Crippen molar-refractivity contribution in [1.82, 2.24) is 0 Å². The quantitative estimate of drug-likeness (QED) is 0.489. The number of phenols is 1. The summed E-state index contributed by atoms with van der Waals surface area (Å²) >= 11 is 13.4. The van der Waals surface area contributed by atoms with Crippen molar-refractivity contribution in [1.29, 1.82) is 0 Å². The lowest BCUT2D eigenvalue weighted by Crippen LogP contribution is -2.00. The summed E-state index contributed by atoms with van der Waals surface area (Å²) in [5, 5.41) is 9.84. The van der Waals surface area contributed by atoms with Gasteiger partial charge in [-0.05, 0) is 51.6 Å². The number of phenolic OH excluding ortho intramolecular Hbond substituents is 1. The maximum Gasteiger partial charge on any atom is 0.133 e. The lowest BCUT2D eigenvalue weighted by Gasteiger charge is -2.16. The van der Waals surface area contributed by atoms with Gasteiger partial charge in [0.05, 0.1) is 0 Å². The normalized spacial score (nSPS) is 21.8. The zero-order chi connectivity index (χ0) is 17.9. The van der Waals surface area contributed by atoms with Gasteiger partial charge >= 0.3 is 0 Å². The number of halogens is 2. The minimum atomic E-state index is -0.761. The van der Waals surface area contributed by atoms with E-state index in [1.165, 1.54) is 11.1 Å². The van der Waals surface area contributed by atoms with Gasteiger partial charge in [0, 0.05) is 11.8 Å². The summed E-state index contributed by atoms with van der Waals surface area (Å²) in [5.41, 5.74) is 6.77. The van der Waals surface area contributed by atoms with Crippen molar-refractivity contribution < 1.29 is 5.11 Å². The monoisotopic (exact) mass is 378 g/mol. The Hall–Kier alpha value is -2.22. The van der Waals surface area contributed by atoms with E-state index >= 15 is 0 Å². The summed E-state index contributed by atoms with van der Waals surface area (Å²) in [6.07, 6.45) is 2.13. The standard InChI is InChI=1S/C23H16Cl2O/c24-23(25)21-18-10-3-1-8-16(18)20(13-14-6-5-7-15(26)12-14)17-9-2-4-11-19(17)22(21)23/h1-13,21-22,26H. The molecule has 0 saturated heterocycles. The van der Waals surface area contributed by atoms with E-state index < -0.39 is 4.33 Å². The van der Waals surface area contributed by atoms with E-state index in [9.17, 15) is 5.11 Å². The van der Waals surface area contributed by atoms with Crippen LogP contribution < -0.4 is 0 Å². The summed E-state index contributed by atoms with van der Waals surface area (Å²) in [5.74, 6) is 0.453. The number of alkyl halides is 2. The van der Waals surface area contributed by atoms with Crippen LogP contribution in [0.15, 0.2) is 72.8 Å². The second-order valence-electron chi connectivity index (χ2n) is 6.96. The van der Waals surface area contributed by atoms with E-state index in [1.54, 1.807) is 12.1 Å². The smallest absolute Gasteiger partial charge is 0.133 e. The summed E-state index contributed by atoms with van der Waals surface area (Å²) < 4.78 is -0.761. The number of hydrogen-bond donors (Lipinski definition) is 1. The molecule has 0 radical (unpaired) electrons. The Balaban J connectivity index is 1.80. The molecule has 128 valence electrons. The van der Waals surface area contributed by atoms with E-state index in [1.807, 2.05) is 36.4 Å². The summed E-state index contributed by atoms with van der Waals surface area (Å²) in [6, 6.07) is 24.0. The highest BCUT2D eigenvalue weighted by Gasteiger charge is 2.66. The zero-order valence-electron chi connectivity index (χ0n) is 13.9. The molecule has 1 fully saturated rings. The van der Waals surface area contributed by atoms with Crippen molar-refractivity contribution in [3.63, 3.8) is 0 Å². The highest BCUT2D eigenvalue weighted by molar-refractivity contribution is 6.52. The fourth-order valence-electron chi connectivity index (χ4n) is 4.21. The van der Waals surface area contributed by atoms with Gasteiger partial charge in [-0.2, -0.15) is 0 Å². The van der Waals surface area contributed by atoms with Crippen LogP contribution in [0.3, 0.4) is 0 Å². The third-order valence-corrected chi connectivity index (χ3v) is 6.35. The molecule has 2 aliphatic rings. The van der Waals surface area contributed by atoms with Gasteiger partial charge in [-0.3, -0.25) is 0 Å². The maximum atomic E-state index is 9.84. The van der Waals surface area contributed by atoms with Crippen LogP contribution in [0.2, 0.25) is 0 Å². The molecule has 0 heterocycles. The summed E-state index contributed by atoms with van der Waals surface area (Å²) in [7, 11) is 0. The lowest BCUT2D eigenvalue weighted by atomic mass is 9.90. The Labute approximate surface area is 162 Å². The van der Waals surface area contributed by atoms with Crippen molar-refractivity contribution in [2.24, 2.45) is 0 Å². The highest BCUT2D eigenvalue weighted by Crippen LogP contribution is 2.72. The average Bonchev–Trinajstić information content (AvgIpc) is 3.24. The van der Waals surface area contributed by atoms with Gasteiger partial charge in [-0.15, -0.1) is 23.2 Å². The first-order valence-corrected chi connectivity index (χ1v) is 9.40. The van der Waals surface area contributed by atoms with Gasteiger partial charge in [-0.1, -0.05) is 60.7 Å². The van der Waals surface area contributed by atoms with Gasteiger partial charge in [-0.25, -0.2) is 0 Å². The van der Waals surface area contributed by atoms with Crippen molar-refractivity contribution >= 4 is 34.9 Å². The Kier molecular flexibility index (Phi) is 3.47. The van der Waals surface area contributed by atoms with Crippen LogP contribution in [-0.4, -0.2) is 9.44 Å². The predicted molar refractivity (Wildman–Crippen MR) is 108 cm³/mol. The summed E-state index contributed by atoms with van der Waals surface area (Å²) in [6.45, 7) is 0. The van der Waals surface area contributed by atoms with Crippen LogP contribution >= 0.6 is 23.2 Å². The average molecular weight is 379 g/mol. The van der Waals surface area contributed by atoms with E-state index in [2.05, 4.69) is 30.3 Å². The molecule has 3 aromatic carbocycles. The summed E-state index contributed by atoms with van der Waals surface area (Å²) in [4.78, 5) is 0. The maximum absolute atomic E-state index is 9.84. The molecular weight excluding hydrogens is 363 g/mol. The van der Waals surface area contributed by atoms with Gasteiger partial charge in [0.2, 0.25) is 0 Å². The Morgan fingerprint density at radius 1 is 0.769 bits per heavy atom. The van der Waals surface area contributed by atoms with Crippen LogP contribution in [0.1, 0.15) is 39.7 Å². The van der Waals surface area contributed by atoms with Crippen molar-refractivity contribution in [3.05, 3.63) is 101 Å². The fraction of sp³-hybridized carbons (Fsp3) is 0.130. The molecule has 26 heavy (non-hydrogen) atoms. The molecule has 1 N–H and O–H groups in total. The van der Waals surface area contributed by atoms with Gasteiger partial charge in [0.15, 0.2) is 0 Å². The predicted octanol–water partition coefficient (Wildman–Crippen LogP) is 6.35. The van der Waals surface area contributed by atoms with Crippen LogP contribution in [0.4, 0.5) is 0 Å². The Morgan fingerprint density at radius 2 is 1.35 bits per heavy atom. The third kappa shape index (κ3) is 2.31. The molecule has 0 amide bonds. The van der Waals surface area contributed by atoms with Crippen molar-refractivity contribution in [3.8, 4) is 5.75 Å². The van der Waals surface area contributed by atoms with Crippen molar-refractivity contribution in [2.45, 2.75) is 16.2 Å². The van der Waals surface area contributed by atoms with E-state index in [-0.39, 0.29) is 17.6 Å². The fourth-order valence-corrected chi connectivity index (χ4v) is 5.06. The zero-order valence-corrected chi connectivity index (χ0v) is 15.4. The van der Waals surface area contributed by atoms with Gasteiger partial charge in [0.1, 0.15) is 10.1 Å². The molecule has 1 nitrogen and oxygen atoms in total. The van der Waals surface area contributed by atoms with Crippen LogP contribution in [0.25, 0.3) is 11.6 Å². The Morgan fingerprint density at radius 3 is 1.92 bits per heavy atom. The molecule has 2 aliphatic carbocycles. The molecule has 5 rings (SSSR count). The SMILES string of the molecule is Oc1cccc(C=C2c3ccccc3C3C(c4ccccc42)C3(Cl)Cl)c1. The number of aromatic hydroxyl groups is 1. The van der Waals surface area contributed by atoms with Crippen LogP contribution in [-0.2, 0) is 0 Å². The minimum Gasteiger partial charge on any atom is -0.508 e. The molecule has 0 aromatic heterocycles. The number of fused-ring (bicyclic) bond motifs is 5. The first-order valence-electron chi connectivity index (χ1n) is 8.64. The number of benzene rings is 3. The first kappa shape index (κ1) is 16.0. The topological polar surface area (TPSA) is 20.2 Å². The molecule has 3 heteroatoms. The number of hydrogen-bond acceptors (Lipinski definition) is 1. The molecule has 1 saturated carbocycles. The molecule has 2 unspecified atom stereocenters. The molecule has 0 bridgehead atoms. The van der Waals surface area contributed by atoms with E-state index in [4.69, 9.17) is 23.2 Å². The second-order valence-corrected chi connectivity index (χ2v) is 8.40. The third-order valence-electron chi connectivity index (χ3n) is 5.41. The van der Waals surface area contributed by atoms with Crippen LogP contribution in [0, 0.1) is 0 Å². The van der Waals surface area contributed by atoms with Crippen LogP contribution in [0.5, 0.6) is 5.75 Å². The molecule has 2 atom stereocenters. The first-order chi connectivity index (χ1) is 12.6. The highest BCUT2D eigenvalue weighted by atomic mass is 35.5. The van der Waals surface area contributed by atoms with Gasteiger partial charge in [0.25, 0.3) is 0 Å². The lowest BCUT2D eigenvalue weighted by molar-refractivity contribution is 0.475.